The smallest absolute Gasteiger partial charge is 0.319 e. The zero-order valence-electron chi connectivity index (χ0n) is 31.9. The van der Waals surface area contributed by atoms with Crippen LogP contribution in [0.4, 0.5) is 0 Å². The van der Waals surface area contributed by atoms with Crippen molar-refractivity contribution in [2.75, 3.05) is 19.6 Å². The molecule has 0 spiro atoms. The predicted molar refractivity (Wildman–Crippen MR) is 201 cm³/mol. The SMILES string of the molecule is C#CC#CC#CC#CC#COC(=O)CC[C@@H](C)[C@H]1CC[C@H]2[C@@H]3[C@H](OC(=O)CCN)C[C@@H]4C[C@H](OC(=O)CCN)CC[C@]4(C)[C@H]3C[C@H](OC(=O)CCN)[C@]12C. The van der Waals surface area contributed by atoms with Gasteiger partial charge in [-0.3, -0.25) is 19.2 Å². The molecule has 0 aromatic carbocycles. The second-order valence-corrected chi connectivity index (χ2v) is 15.6. The minimum absolute atomic E-state index is 0.0337. The molecule has 11 heteroatoms. The molecule has 11 atom stereocenters. The molecule has 4 rings (SSSR count). The Bertz CT molecular complexity index is 1690. The highest BCUT2D eigenvalue weighted by Gasteiger charge is 2.67. The number of fused-ring (bicyclic) bond motifs is 5. The predicted octanol–water partition coefficient (Wildman–Crippen LogP) is 3.21. The molecular weight excluding hydrogens is 686 g/mol. The molecule has 0 aliphatic heterocycles. The molecular formula is C43H55N3O8. The summed E-state index contributed by atoms with van der Waals surface area (Å²) in [6.07, 6.45) is 12.7. The summed E-state index contributed by atoms with van der Waals surface area (Å²) in [6.45, 7) is 7.31. The van der Waals surface area contributed by atoms with E-state index in [9.17, 15) is 19.2 Å². The zero-order valence-corrected chi connectivity index (χ0v) is 31.9. The maximum absolute atomic E-state index is 13.2. The van der Waals surface area contributed by atoms with Gasteiger partial charge in [-0.2, -0.15) is 0 Å². The average molecular weight is 742 g/mol. The van der Waals surface area contributed by atoms with Gasteiger partial charge in [-0.15, -0.1) is 6.42 Å². The van der Waals surface area contributed by atoms with Crippen LogP contribution >= 0.6 is 0 Å². The van der Waals surface area contributed by atoms with E-state index in [-0.39, 0.29) is 116 Å². The van der Waals surface area contributed by atoms with Crippen molar-refractivity contribution < 1.29 is 38.1 Å². The monoisotopic (exact) mass is 741 g/mol. The molecule has 0 amide bonds. The topological polar surface area (TPSA) is 183 Å². The Balaban J connectivity index is 1.58. The summed E-state index contributed by atoms with van der Waals surface area (Å²) in [5, 5.41) is 0. The van der Waals surface area contributed by atoms with E-state index in [0.717, 1.165) is 25.7 Å². The van der Waals surface area contributed by atoms with Gasteiger partial charge in [0.05, 0.1) is 19.3 Å². The maximum atomic E-state index is 13.2. The van der Waals surface area contributed by atoms with E-state index in [1.54, 1.807) is 0 Å². The number of carbonyl (C=O) groups excluding carboxylic acids is 4. The van der Waals surface area contributed by atoms with Crippen molar-refractivity contribution in [1.29, 1.82) is 0 Å². The number of esters is 4. The van der Waals surface area contributed by atoms with Crippen LogP contribution in [0.1, 0.15) is 97.8 Å². The molecule has 0 aromatic heterocycles. The number of hydrogen-bond donors (Lipinski definition) is 3. The van der Waals surface area contributed by atoms with Crippen LogP contribution in [0, 0.1) is 106 Å². The van der Waals surface area contributed by atoms with E-state index in [1.165, 1.54) is 0 Å². The third-order valence-electron chi connectivity index (χ3n) is 12.8. The number of hydrogen-bond acceptors (Lipinski definition) is 11. The van der Waals surface area contributed by atoms with Gasteiger partial charge >= 0.3 is 23.9 Å². The minimum Gasteiger partial charge on any atom is -0.462 e. The Morgan fingerprint density at radius 1 is 0.722 bits per heavy atom. The molecule has 0 radical (unpaired) electrons. The van der Waals surface area contributed by atoms with Crippen LogP contribution in [0.15, 0.2) is 0 Å². The first kappa shape index (κ1) is 42.3. The molecule has 0 heterocycles. The summed E-state index contributed by atoms with van der Waals surface area (Å²) < 4.78 is 23.7. The number of terminal acetylenes is 1. The van der Waals surface area contributed by atoms with E-state index >= 15 is 0 Å². The highest BCUT2D eigenvalue weighted by atomic mass is 16.6. The van der Waals surface area contributed by atoms with Gasteiger partial charge in [0.2, 0.25) is 0 Å². The minimum atomic E-state index is -0.459. The molecule has 0 bridgehead atoms. The lowest BCUT2D eigenvalue weighted by molar-refractivity contribution is -0.225. The Labute approximate surface area is 320 Å². The van der Waals surface area contributed by atoms with Crippen molar-refractivity contribution in [2.45, 2.75) is 116 Å². The van der Waals surface area contributed by atoms with Crippen molar-refractivity contribution in [3.63, 3.8) is 0 Å². The fraction of sp³-hybridized carbons (Fsp3) is 0.674. The number of ether oxygens (including phenoxy) is 4. The van der Waals surface area contributed by atoms with Crippen LogP contribution < -0.4 is 17.2 Å². The molecule has 4 aliphatic rings. The highest BCUT2D eigenvalue weighted by molar-refractivity contribution is 5.71. The van der Waals surface area contributed by atoms with Gasteiger partial charge < -0.3 is 36.1 Å². The lowest BCUT2D eigenvalue weighted by Gasteiger charge is -2.64. The zero-order chi connectivity index (χ0) is 39.3. The van der Waals surface area contributed by atoms with Crippen molar-refractivity contribution in [2.24, 2.45) is 63.5 Å². The molecule has 0 unspecified atom stereocenters. The van der Waals surface area contributed by atoms with Crippen molar-refractivity contribution in [3.8, 4) is 59.9 Å². The molecule has 0 aromatic rings. The second kappa shape index (κ2) is 19.8. The molecule has 6 N–H and O–H groups in total. The van der Waals surface area contributed by atoms with Gasteiger partial charge in [-0.25, -0.2) is 0 Å². The summed E-state index contributed by atoms with van der Waals surface area (Å²) in [5.74, 6) is 18.4. The second-order valence-electron chi connectivity index (χ2n) is 15.6. The largest absolute Gasteiger partial charge is 0.462 e. The molecule has 0 saturated heterocycles. The fourth-order valence-corrected chi connectivity index (χ4v) is 10.4. The first-order valence-electron chi connectivity index (χ1n) is 19.3. The van der Waals surface area contributed by atoms with E-state index in [1.807, 2.05) is 0 Å². The van der Waals surface area contributed by atoms with E-state index < -0.39 is 17.5 Å². The Morgan fingerprint density at radius 2 is 1.33 bits per heavy atom. The number of nitrogens with two attached hydrogens (primary N) is 3. The maximum Gasteiger partial charge on any atom is 0.319 e. The van der Waals surface area contributed by atoms with Crippen LogP contribution in [0.5, 0.6) is 0 Å². The molecule has 290 valence electrons. The third-order valence-corrected chi connectivity index (χ3v) is 12.8. The quantitative estimate of drug-likeness (QED) is 0.143. The van der Waals surface area contributed by atoms with Gasteiger partial charge in [-0.05, 0) is 110 Å². The molecule has 4 fully saturated rings. The highest BCUT2D eigenvalue weighted by Crippen LogP contribution is 2.69. The molecule has 54 heavy (non-hydrogen) atoms. The van der Waals surface area contributed by atoms with Gasteiger partial charge in [0.1, 0.15) is 24.4 Å². The van der Waals surface area contributed by atoms with Crippen LogP contribution in [-0.4, -0.2) is 61.8 Å². The molecule has 4 aliphatic carbocycles. The van der Waals surface area contributed by atoms with Crippen molar-refractivity contribution >= 4 is 23.9 Å². The number of carbonyl (C=O) groups is 4. The van der Waals surface area contributed by atoms with Gasteiger partial charge in [0, 0.05) is 61.1 Å². The van der Waals surface area contributed by atoms with Gasteiger partial charge in [0.15, 0.2) is 0 Å². The summed E-state index contributed by atoms with van der Waals surface area (Å²) in [5.41, 5.74) is 16.6. The fourth-order valence-electron chi connectivity index (χ4n) is 10.4. The van der Waals surface area contributed by atoms with Crippen LogP contribution in [0.3, 0.4) is 0 Å². The van der Waals surface area contributed by atoms with Crippen LogP contribution in [0.25, 0.3) is 0 Å². The lowest BCUT2D eigenvalue weighted by Crippen LogP contribution is -2.63. The van der Waals surface area contributed by atoms with E-state index in [2.05, 4.69) is 74.2 Å². The van der Waals surface area contributed by atoms with Gasteiger partial charge in [-0.1, -0.05) is 20.8 Å². The first-order valence-corrected chi connectivity index (χ1v) is 19.3. The van der Waals surface area contributed by atoms with E-state index in [0.29, 0.717) is 25.7 Å². The Kier molecular flexibility index (Phi) is 15.5. The summed E-state index contributed by atoms with van der Waals surface area (Å²) >= 11 is 0. The van der Waals surface area contributed by atoms with Crippen molar-refractivity contribution in [1.82, 2.24) is 0 Å². The van der Waals surface area contributed by atoms with E-state index in [4.69, 9.17) is 42.6 Å². The molecule has 4 saturated carbocycles. The van der Waals surface area contributed by atoms with Crippen LogP contribution in [-0.2, 0) is 38.1 Å². The Hall–Kier alpha value is -4.44. The van der Waals surface area contributed by atoms with Crippen molar-refractivity contribution in [3.05, 3.63) is 0 Å². The Morgan fingerprint density at radius 3 is 1.98 bits per heavy atom. The number of rotatable bonds is 13. The average Bonchev–Trinajstić information content (AvgIpc) is 3.49. The normalized spacial score (nSPS) is 32.1. The summed E-state index contributed by atoms with van der Waals surface area (Å²) in [4.78, 5) is 51.4. The van der Waals surface area contributed by atoms with Gasteiger partial charge in [0.25, 0.3) is 0 Å². The summed E-state index contributed by atoms with van der Waals surface area (Å²) in [7, 11) is 0. The summed E-state index contributed by atoms with van der Waals surface area (Å²) in [6, 6.07) is 0. The third kappa shape index (κ3) is 10.00. The molecule has 11 nitrogen and oxygen atoms in total. The standard InChI is InChI=1S/C43H55N3O8/c1-5-6-7-8-9-10-11-12-25-51-37(47)16-13-29(2)32-14-15-33-41-34(28-36(43(32,33)4)54-40(50)20-24-46)42(3)21-17-31(52-38(48)18-22-44)26-30(42)27-35(41)53-39(49)19-23-45/h1,29-36,41H,13-24,26-28,44-46H2,2-4H3/t29-,30+,31-,32-,33+,34+,35-,36+,41+,42+,43-/m1/s1. The first-order chi connectivity index (χ1) is 25.9. The lowest BCUT2D eigenvalue weighted by atomic mass is 9.43. The van der Waals surface area contributed by atoms with Crippen LogP contribution in [0.2, 0.25) is 0 Å².